The zero-order valence-electron chi connectivity index (χ0n) is 18.3. The van der Waals surface area contributed by atoms with Crippen LogP contribution in [-0.2, 0) is 16.0 Å². The highest BCUT2D eigenvalue weighted by atomic mass is 32.2. The van der Waals surface area contributed by atoms with Crippen molar-refractivity contribution < 1.29 is 29.3 Å². The summed E-state index contributed by atoms with van der Waals surface area (Å²) in [6.07, 6.45) is 4.59. The Morgan fingerprint density at radius 2 is 1.74 bits per heavy atom. The number of thioether (sulfide) groups is 2. The molecule has 0 bridgehead atoms. The molecular formula is C22H31NO6S2. The Labute approximate surface area is 192 Å². The van der Waals surface area contributed by atoms with Gasteiger partial charge in [0.2, 0.25) is 0 Å². The van der Waals surface area contributed by atoms with Crippen molar-refractivity contribution in [2.75, 3.05) is 45.9 Å². The molecule has 0 aromatic heterocycles. The summed E-state index contributed by atoms with van der Waals surface area (Å²) in [6.45, 7) is 1.82. The van der Waals surface area contributed by atoms with Crippen molar-refractivity contribution in [2.45, 2.75) is 30.3 Å². The maximum atomic E-state index is 9.10. The van der Waals surface area contributed by atoms with Gasteiger partial charge in [0.25, 0.3) is 0 Å². The van der Waals surface area contributed by atoms with Gasteiger partial charge in [-0.15, -0.1) is 29.4 Å². The molecule has 0 amide bonds. The maximum absolute atomic E-state index is 9.10. The lowest BCUT2D eigenvalue weighted by Crippen LogP contribution is -2.21. The first kappa shape index (κ1) is 27.0. The Kier molecular flexibility index (Phi) is 13.7. The molecule has 1 fully saturated rings. The van der Waals surface area contributed by atoms with Crippen LogP contribution in [0, 0.1) is 11.8 Å². The third-order valence-corrected chi connectivity index (χ3v) is 7.37. The van der Waals surface area contributed by atoms with Crippen molar-refractivity contribution in [3.63, 3.8) is 0 Å². The van der Waals surface area contributed by atoms with Crippen molar-refractivity contribution in [1.82, 2.24) is 4.90 Å². The number of likely N-dealkylation sites (N-methyl/N-ethyl adjacent to an activating group) is 1. The van der Waals surface area contributed by atoms with Crippen LogP contribution in [0.5, 0.6) is 11.5 Å². The van der Waals surface area contributed by atoms with Gasteiger partial charge in [-0.3, -0.25) is 4.90 Å². The van der Waals surface area contributed by atoms with Crippen LogP contribution in [0.4, 0.5) is 0 Å². The van der Waals surface area contributed by atoms with Crippen molar-refractivity contribution in [2.24, 2.45) is 0 Å². The number of methoxy groups -OCH3 is 2. The number of carbonyl (C=O) groups is 2. The van der Waals surface area contributed by atoms with Crippen LogP contribution < -0.4 is 9.47 Å². The van der Waals surface area contributed by atoms with E-state index in [9.17, 15) is 0 Å². The molecule has 0 spiro atoms. The van der Waals surface area contributed by atoms with Crippen LogP contribution in [0.3, 0.4) is 0 Å². The van der Waals surface area contributed by atoms with E-state index < -0.39 is 11.9 Å². The van der Waals surface area contributed by atoms with Crippen LogP contribution in [0.1, 0.15) is 24.8 Å². The first-order valence-corrected chi connectivity index (χ1v) is 12.0. The molecule has 0 saturated carbocycles. The zero-order valence-corrected chi connectivity index (χ0v) is 19.9. The minimum Gasteiger partial charge on any atom is -0.493 e. The Hall–Kier alpha value is -2.02. The van der Waals surface area contributed by atoms with E-state index in [1.807, 2.05) is 6.07 Å². The quantitative estimate of drug-likeness (QED) is 0.439. The fourth-order valence-corrected chi connectivity index (χ4v) is 5.47. The monoisotopic (exact) mass is 469 g/mol. The number of carboxylic acid groups (broad SMARTS) is 2. The largest absolute Gasteiger partial charge is 0.493 e. The van der Waals surface area contributed by atoms with Crippen molar-refractivity contribution in [3.8, 4) is 23.3 Å². The molecule has 0 aliphatic carbocycles. The van der Waals surface area contributed by atoms with Crippen LogP contribution in [0.2, 0.25) is 0 Å². The van der Waals surface area contributed by atoms with Gasteiger partial charge in [-0.1, -0.05) is 12.0 Å². The van der Waals surface area contributed by atoms with Gasteiger partial charge in [0.05, 0.1) is 25.3 Å². The third kappa shape index (κ3) is 11.8. The number of benzene rings is 1. The molecule has 2 rings (SSSR count). The smallest absolute Gasteiger partial charge is 0.414 e. The topological polar surface area (TPSA) is 96.3 Å². The Morgan fingerprint density at radius 1 is 1.10 bits per heavy atom. The van der Waals surface area contributed by atoms with Gasteiger partial charge in [0, 0.05) is 13.0 Å². The molecular weight excluding hydrogens is 438 g/mol. The van der Waals surface area contributed by atoms with E-state index in [0.717, 1.165) is 42.0 Å². The maximum Gasteiger partial charge on any atom is 0.414 e. The Morgan fingerprint density at radius 3 is 2.32 bits per heavy atom. The zero-order chi connectivity index (χ0) is 23.1. The predicted octanol–water partition coefficient (Wildman–Crippen LogP) is 3.31. The normalized spacial score (nSPS) is 13.4. The van der Waals surface area contributed by atoms with Crippen molar-refractivity contribution >= 4 is 35.5 Å². The van der Waals surface area contributed by atoms with Gasteiger partial charge in [0.15, 0.2) is 11.5 Å². The summed E-state index contributed by atoms with van der Waals surface area (Å²) in [5, 5.41) is 14.8. The minimum atomic E-state index is -1.82. The minimum absolute atomic E-state index is 0.769. The molecule has 1 saturated heterocycles. The first-order valence-electron chi connectivity index (χ1n) is 9.92. The summed E-state index contributed by atoms with van der Waals surface area (Å²) in [4.78, 5) is 20.5. The molecule has 1 heterocycles. The molecule has 31 heavy (non-hydrogen) atoms. The molecule has 9 heteroatoms. The molecule has 1 aliphatic heterocycles. The Balaban J connectivity index is 0.000000703. The number of hydrogen-bond acceptors (Lipinski definition) is 7. The Bertz CT molecular complexity index is 744. The number of nitrogens with zero attached hydrogens (tertiary/aromatic N) is 1. The summed E-state index contributed by atoms with van der Waals surface area (Å²) in [5.41, 5.74) is 1.25. The van der Waals surface area contributed by atoms with Gasteiger partial charge in [0.1, 0.15) is 0 Å². The lowest BCUT2D eigenvalue weighted by Gasteiger charge is -2.19. The second-order valence-corrected chi connectivity index (χ2v) is 9.62. The van der Waals surface area contributed by atoms with Crippen LogP contribution in [0.25, 0.3) is 0 Å². The third-order valence-electron chi connectivity index (χ3n) is 4.29. The molecule has 0 unspecified atom stereocenters. The number of aliphatic carboxylic acids is 2. The molecule has 2 N–H and O–H groups in total. The lowest BCUT2D eigenvalue weighted by atomic mass is 10.1. The first-order chi connectivity index (χ1) is 14.9. The van der Waals surface area contributed by atoms with Crippen molar-refractivity contribution in [3.05, 3.63) is 23.8 Å². The van der Waals surface area contributed by atoms with Crippen LogP contribution in [-0.4, -0.2) is 77.5 Å². The highest BCUT2D eigenvalue weighted by Gasteiger charge is 2.12. The summed E-state index contributed by atoms with van der Waals surface area (Å²) in [6, 6.07) is 6.12. The summed E-state index contributed by atoms with van der Waals surface area (Å²) in [7, 11) is 5.46. The summed E-state index contributed by atoms with van der Waals surface area (Å²) >= 11 is 4.21. The van der Waals surface area contributed by atoms with E-state index in [1.54, 1.807) is 14.2 Å². The number of carboxylic acids is 2. The van der Waals surface area contributed by atoms with Gasteiger partial charge in [-0.05, 0) is 55.5 Å². The van der Waals surface area contributed by atoms with E-state index in [1.165, 1.54) is 29.9 Å². The van der Waals surface area contributed by atoms with Gasteiger partial charge in [-0.2, -0.15) is 0 Å². The van der Waals surface area contributed by atoms with Gasteiger partial charge >= 0.3 is 11.9 Å². The summed E-state index contributed by atoms with van der Waals surface area (Å²) < 4.78 is 11.4. The van der Waals surface area contributed by atoms with Gasteiger partial charge < -0.3 is 19.7 Å². The molecule has 7 nitrogen and oxygen atoms in total. The van der Waals surface area contributed by atoms with E-state index >= 15 is 0 Å². The van der Waals surface area contributed by atoms with E-state index in [2.05, 4.69) is 59.4 Å². The number of ether oxygens (including phenoxy) is 2. The second-order valence-electron chi connectivity index (χ2n) is 6.70. The van der Waals surface area contributed by atoms with E-state index in [0.29, 0.717) is 0 Å². The second kappa shape index (κ2) is 15.7. The van der Waals surface area contributed by atoms with Crippen LogP contribution >= 0.6 is 23.5 Å². The summed E-state index contributed by atoms with van der Waals surface area (Å²) in [5.74, 6) is 7.22. The molecule has 1 aliphatic rings. The van der Waals surface area contributed by atoms with E-state index in [-0.39, 0.29) is 0 Å². The fraction of sp³-hybridized carbons (Fsp3) is 0.545. The van der Waals surface area contributed by atoms with E-state index in [4.69, 9.17) is 29.3 Å². The highest BCUT2D eigenvalue weighted by molar-refractivity contribution is 8.17. The number of hydrogen-bond donors (Lipinski definition) is 2. The predicted molar refractivity (Wildman–Crippen MR) is 126 cm³/mol. The standard InChI is InChI=1S/C20H29NO2S2.C2H2O4/c1-21(12-6-4-5-8-20-24-14-7-15-25-20)13-11-17-9-10-18(22-2)19(16-17)23-3;3-1(4)2(5)6/h9-10,16,20H,5,7-8,11-15H2,1-3H3;(H,3,4)(H,5,6). The van der Waals surface area contributed by atoms with Crippen LogP contribution in [0.15, 0.2) is 18.2 Å². The molecule has 1 aromatic carbocycles. The fourth-order valence-electron chi connectivity index (χ4n) is 2.61. The number of rotatable bonds is 8. The lowest BCUT2D eigenvalue weighted by molar-refractivity contribution is -0.159. The molecule has 0 atom stereocenters. The van der Waals surface area contributed by atoms with Crippen molar-refractivity contribution in [1.29, 1.82) is 0 Å². The SMILES string of the molecule is COc1ccc(CCN(C)CC#CCCC2SCCCS2)cc1OC.O=C(O)C(=O)O. The molecule has 172 valence electrons. The molecule has 1 aromatic rings. The average Bonchev–Trinajstić information content (AvgIpc) is 2.78. The van der Waals surface area contributed by atoms with Gasteiger partial charge in [-0.25, -0.2) is 9.59 Å². The highest BCUT2D eigenvalue weighted by Crippen LogP contribution is 2.33. The average molecular weight is 470 g/mol. The molecule has 0 radical (unpaired) electrons.